The van der Waals surface area contributed by atoms with Gasteiger partial charge in [0, 0.05) is 24.8 Å². The van der Waals surface area contributed by atoms with Crippen molar-refractivity contribution in [1.29, 1.82) is 0 Å². The van der Waals surface area contributed by atoms with Gasteiger partial charge in [-0.1, -0.05) is 13.8 Å². The Morgan fingerprint density at radius 1 is 1.39 bits per heavy atom. The van der Waals surface area contributed by atoms with Crippen molar-refractivity contribution in [2.45, 2.75) is 39.7 Å². The molecule has 18 heavy (non-hydrogen) atoms. The molecule has 1 N–H and O–H groups in total. The predicted octanol–water partition coefficient (Wildman–Crippen LogP) is 2.73. The van der Waals surface area contributed by atoms with Crippen LogP contribution in [0.1, 0.15) is 38.7 Å². The Hall–Kier alpha value is -1.16. The van der Waals surface area contributed by atoms with Crippen LogP contribution >= 0.6 is 0 Å². The molecule has 0 aromatic carbocycles. The number of anilines is 1. The summed E-state index contributed by atoms with van der Waals surface area (Å²) in [4.78, 5) is 6.14. The van der Waals surface area contributed by atoms with Crippen LogP contribution in [-0.4, -0.2) is 23.2 Å². The quantitative estimate of drug-likeness (QED) is 0.879. The van der Waals surface area contributed by atoms with Gasteiger partial charge in [0.2, 0.25) is 0 Å². The number of nitrogens with zero attached hydrogens (tertiary/aromatic N) is 2. The van der Waals surface area contributed by atoms with Gasteiger partial charge in [-0.15, -0.1) is 0 Å². The lowest BCUT2D eigenvalue weighted by Gasteiger charge is -2.24. The molecule has 0 amide bonds. The van der Waals surface area contributed by atoms with Crippen LogP contribution in [0.25, 0.3) is 0 Å². The number of halogens is 1. The van der Waals surface area contributed by atoms with E-state index in [4.69, 9.17) is 5.11 Å². The Morgan fingerprint density at radius 2 is 2.17 bits per heavy atom. The van der Waals surface area contributed by atoms with E-state index in [1.165, 1.54) is 6.07 Å². The molecule has 1 fully saturated rings. The van der Waals surface area contributed by atoms with Gasteiger partial charge in [0.15, 0.2) is 11.6 Å². The number of rotatable bonds is 2. The number of aliphatic hydroxyl groups is 1. The molecule has 4 heteroatoms. The molecule has 2 rings (SSSR count). The zero-order chi connectivity index (χ0) is 13.2. The minimum atomic E-state index is -0.375. The summed E-state index contributed by atoms with van der Waals surface area (Å²) < 4.78 is 14.1. The average molecular weight is 252 g/mol. The highest BCUT2D eigenvalue weighted by Crippen LogP contribution is 2.32. The van der Waals surface area contributed by atoms with Gasteiger partial charge in [-0.3, -0.25) is 0 Å². The first-order chi connectivity index (χ1) is 8.53. The highest BCUT2D eigenvalue weighted by Gasteiger charge is 2.25. The fraction of sp³-hybridized carbons (Fsp3) is 0.643. The highest BCUT2D eigenvalue weighted by molar-refractivity contribution is 5.43. The van der Waals surface area contributed by atoms with E-state index in [0.717, 1.165) is 32.4 Å². The largest absolute Gasteiger partial charge is 0.392 e. The first-order valence-electron chi connectivity index (χ1n) is 6.53. The van der Waals surface area contributed by atoms with E-state index >= 15 is 0 Å². The van der Waals surface area contributed by atoms with Gasteiger partial charge in [-0.2, -0.15) is 0 Å². The second kappa shape index (κ2) is 5.22. The Balaban J connectivity index is 2.21. The monoisotopic (exact) mass is 252 g/mol. The molecule has 1 aromatic heterocycles. The van der Waals surface area contributed by atoms with E-state index < -0.39 is 0 Å². The highest BCUT2D eigenvalue weighted by atomic mass is 19.1. The zero-order valence-corrected chi connectivity index (χ0v) is 11.1. The van der Waals surface area contributed by atoms with Crippen molar-refractivity contribution in [3.8, 4) is 0 Å². The normalized spacial score (nSPS) is 19.7. The molecular formula is C14H21FN2O. The summed E-state index contributed by atoms with van der Waals surface area (Å²) in [5.74, 6) is 0.0129. The van der Waals surface area contributed by atoms with Crippen molar-refractivity contribution in [2.24, 2.45) is 5.41 Å². The SMILES string of the molecule is CC1(C)CCCN(c2nccc(CO)c2F)CC1. The summed E-state index contributed by atoms with van der Waals surface area (Å²) >= 11 is 0. The van der Waals surface area contributed by atoms with E-state index in [9.17, 15) is 4.39 Å². The first-order valence-corrected chi connectivity index (χ1v) is 6.53. The molecule has 2 heterocycles. The van der Waals surface area contributed by atoms with Gasteiger partial charge in [-0.25, -0.2) is 9.37 Å². The van der Waals surface area contributed by atoms with Crippen LogP contribution in [-0.2, 0) is 6.61 Å². The minimum Gasteiger partial charge on any atom is -0.392 e. The van der Waals surface area contributed by atoms with Gasteiger partial charge in [0.25, 0.3) is 0 Å². The van der Waals surface area contributed by atoms with Gasteiger partial charge < -0.3 is 10.0 Å². The third-order valence-corrected chi connectivity index (χ3v) is 3.76. The predicted molar refractivity (Wildman–Crippen MR) is 70.0 cm³/mol. The molecule has 0 aliphatic carbocycles. The van der Waals surface area contributed by atoms with Crippen molar-refractivity contribution in [3.05, 3.63) is 23.6 Å². The molecule has 1 aromatic rings. The lowest BCUT2D eigenvalue weighted by molar-refractivity contribution is 0.275. The molecule has 1 saturated heterocycles. The third kappa shape index (κ3) is 2.80. The van der Waals surface area contributed by atoms with Gasteiger partial charge in [0.1, 0.15) is 0 Å². The minimum absolute atomic E-state index is 0.277. The van der Waals surface area contributed by atoms with Crippen LogP contribution in [0.15, 0.2) is 12.3 Å². The van der Waals surface area contributed by atoms with Crippen molar-refractivity contribution in [1.82, 2.24) is 4.98 Å². The Kier molecular flexibility index (Phi) is 3.85. The molecular weight excluding hydrogens is 231 g/mol. The average Bonchev–Trinajstić information content (AvgIpc) is 2.51. The van der Waals surface area contributed by atoms with Crippen molar-refractivity contribution in [3.63, 3.8) is 0 Å². The lowest BCUT2D eigenvalue weighted by atomic mass is 9.85. The molecule has 0 spiro atoms. The van der Waals surface area contributed by atoms with E-state index in [1.54, 1.807) is 6.20 Å². The standard InChI is InChI=1S/C14H21FN2O/c1-14(2)5-3-8-17(9-6-14)13-12(15)11(10-18)4-7-16-13/h4,7,18H,3,5-6,8-10H2,1-2H3. The van der Waals surface area contributed by atoms with E-state index in [-0.39, 0.29) is 12.4 Å². The Labute approximate surface area is 108 Å². The van der Waals surface area contributed by atoms with E-state index in [2.05, 4.69) is 18.8 Å². The maximum atomic E-state index is 14.1. The fourth-order valence-electron chi connectivity index (χ4n) is 2.45. The van der Waals surface area contributed by atoms with Gasteiger partial charge in [-0.05, 0) is 30.7 Å². The van der Waals surface area contributed by atoms with Gasteiger partial charge >= 0.3 is 0 Å². The molecule has 1 aliphatic rings. The van der Waals surface area contributed by atoms with Crippen molar-refractivity contribution < 1.29 is 9.50 Å². The number of pyridine rings is 1. The zero-order valence-electron chi connectivity index (χ0n) is 11.1. The second-order valence-corrected chi connectivity index (χ2v) is 5.77. The number of hydrogen-bond acceptors (Lipinski definition) is 3. The van der Waals surface area contributed by atoms with Crippen LogP contribution in [0.2, 0.25) is 0 Å². The molecule has 0 bridgehead atoms. The summed E-state index contributed by atoms with van der Waals surface area (Å²) in [5, 5.41) is 9.09. The molecule has 1 aliphatic heterocycles. The fourth-order valence-corrected chi connectivity index (χ4v) is 2.45. The molecule has 0 radical (unpaired) electrons. The van der Waals surface area contributed by atoms with Crippen molar-refractivity contribution in [2.75, 3.05) is 18.0 Å². The summed E-state index contributed by atoms with van der Waals surface area (Å²) in [6.07, 6.45) is 4.82. The Morgan fingerprint density at radius 3 is 2.89 bits per heavy atom. The number of aliphatic hydroxyl groups excluding tert-OH is 1. The van der Waals surface area contributed by atoms with Crippen LogP contribution in [0.4, 0.5) is 10.2 Å². The van der Waals surface area contributed by atoms with Crippen LogP contribution in [0, 0.1) is 11.2 Å². The van der Waals surface area contributed by atoms with E-state index in [0.29, 0.717) is 16.8 Å². The number of hydrogen-bond donors (Lipinski definition) is 1. The molecule has 0 saturated carbocycles. The summed E-state index contributed by atoms with van der Waals surface area (Å²) in [5.41, 5.74) is 0.642. The molecule has 0 atom stereocenters. The molecule has 0 unspecified atom stereocenters. The maximum absolute atomic E-state index is 14.1. The van der Waals surface area contributed by atoms with Crippen LogP contribution < -0.4 is 4.90 Å². The smallest absolute Gasteiger partial charge is 0.171 e. The topological polar surface area (TPSA) is 36.4 Å². The van der Waals surface area contributed by atoms with Crippen molar-refractivity contribution >= 4 is 5.82 Å². The lowest BCUT2D eigenvalue weighted by Crippen LogP contribution is -2.27. The Bertz CT molecular complexity index is 420. The van der Waals surface area contributed by atoms with Crippen LogP contribution in [0.3, 0.4) is 0 Å². The van der Waals surface area contributed by atoms with Gasteiger partial charge in [0.05, 0.1) is 6.61 Å². The second-order valence-electron chi connectivity index (χ2n) is 5.77. The third-order valence-electron chi connectivity index (χ3n) is 3.76. The summed E-state index contributed by atoms with van der Waals surface area (Å²) in [7, 11) is 0. The number of aromatic nitrogens is 1. The van der Waals surface area contributed by atoms with Crippen LogP contribution in [0.5, 0.6) is 0 Å². The first kappa shape index (κ1) is 13.3. The molecule has 3 nitrogen and oxygen atoms in total. The maximum Gasteiger partial charge on any atom is 0.171 e. The summed E-state index contributed by atoms with van der Waals surface area (Å²) in [6.45, 7) is 5.89. The molecule has 100 valence electrons. The van der Waals surface area contributed by atoms with E-state index in [1.807, 2.05) is 4.90 Å². The summed E-state index contributed by atoms with van der Waals surface area (Å²) in [6, 6.07) is 1.53.